The molecule has 0 amide bonds. The van der Waals surface area contributed by atoms with Gasteiger partial charge in [0, 0.05) is 29.3 Å². The predicted molar refractivity (Wildman–Crippen MR) is 75.9 cm³/mol. The second-order valence-corrected chi connectivity index (χ2v) is 6.66. The van der Waals surface area contributed by atoms with Gasteiger partial charge in [0.15, 0.2) is 0 Å². The predicted octanol–water partition coefficient (Wildman–Crippen LogP) is 2.91. The fourth-order valence-electron chi connectivity index (χ4n) is 3.43. The van der Waals surface area contributed by atoms with Gasteiger partial charge in [-0.3, -0.25) is 4.90 Å². The van der Waals surface area contributed by atoms with Crippen LogP contribution in [0.3, 0.4) is 0 Å². The van der Waals surface area contributed by atoms with Crippen LogP contribution >= 0.6 is 11.8 Å². The van der Waals surface area contributed by atoms with Crippen molar-refractivity contribution >= 4 is 11.8 Å². The number of hydrogen-bond acceptors (Lipinski definition) is 3. The van der Waals surface area contributed by atoms with Gasteiger partial charge in [0.2, 0.25) is 0 Å². The van der Waals surface area contributed by atoms with Crippen molar-refractivity contribution < 1.29 is 9.50 Å². The standard InChI is InChI=1S/C15H20FNOS/c16-14-3-1-2-4-15(14)19-8-7-17-11-5-6-12(17)10-13(18)9-11/h1-4,11-13,18H,5-10H2. The molecule has 2 saturated heterocycles. The van der Waals surface area contributed by atoms with Gasteiger partial charge in [-0.1, -0.05) is 12.1 Å². The van der Waals surface area contributed by atoms with E-state index in [1.807, 2.05) is 12.1 Å². The monoisotopic (exact) mass is 281 g/mol. The van der Waals surface area contributed by atoms with Gasteiger partial charge in [-0.15, -0.1) is 11.8 Å². The van der Waals surface area contributed by atoms with Gasteiger partial charge in [-0.05, 0) is 37.8 Å². The lowest BCUT2D eigenvalue weighted by molar-refractivity contribution is 0.0393. The summed E-state index contributed by atoms with van der Waals surface area (Å²) in [6.45, 7) is 1.00. The molecular formula is C15H20FNOS. The van der Waals surface area contributed by atoms with Crippen LogP contribution in [0.1, 0.15) is 25.7 Å². The third-order valence-corrected chi connectivity index (χ3v) is 5.33. The maximum Gasteiger partial charge on any atom is 0.136 e. The topological polar surface area (TPSA) is 23.5 Å². The van der Waals surface area contributed by atoms with Crippen LogP contribution in [0.2, 0.25) is 0 Å². The number of nitrogens with zero attached hydrogens (tertiary/aromatic N) is 1. The molecule has 2 aliphatic rings. The highest BCUT2D eigenvalue weighted by Crippen LogP contribution is 2.36. The first-order valence-corrected chi connectivity index (χ1v) is 8.04. The molecule has 1 aromatic carbocycles. The minimum Gasteiger partial charge on any atom is -0.393 e. The summed E-state index contributed by atoms with van der Waals surface area (Å²) in [5.74, 6) is 0.800. The van der Waals surface area contributed by atoms with E-state index in [1.165, 1.54) is 18.9 Å². The van der Waals surface area contributed by atoms with E-state index in [0.717, 1.165) is 30.0 Å². The van der Waals surface area contributed by atoms with Crippen LogP contribution in [0.25, 0.3) is 0 Å². The number of thioether (sulfide) groups is 1. The number of benzene rings is 1. The zero-order valence-electron chi connectivity index (χ0n) is 11.0. The summed E-state index contributed by atoms with van der Waals surface area (Å²) in [4.78, 5) is 3.27. The van der Waals surface area contributed by atoms with Gasteiger partial charge < -0.3 is 5.11 Å². The number of piperidine rings is 1. The van der Waals surface area contributed by atoms with Crippen LogP contribution in [0.5, 0.6) is 0 Å². The van der Waals surface area contributed by atoms with Crippen molar-refractivity contribution in [3.63, 3.8) is 0 Å². The molecule has 2 unspecified atom stereocenters. The fraction of sp³-hybridized carbons (Fsp3) is 0.600. The Bertz CT molecular complexity index is 428. The third-order valence-electron chi connectivity index (χ3n) is 4.30. The van der Waals surface area contributed by atoms with Gasteiger partial charge in [-0.2, -0.15) is 0 Å². The highest BCUT2D eigenvalue weighted by molar-refractivity contribution is 7.99. The summed E-state index contributed by atoms with van der Waals surface area (Å²) >= 11 is 1.59. The van der Waals surface area contributed by atoms with Crippen LogP contribution in [0.15, 0.2) is 29.2 Å². The molecule has 0 radical (unpaired) electrons. The molecule has 1 N–H and O–H groups in total. The summed E-state index contributed by atoms with van der Waals surface area (Å²) in [6, 6.07) is 8.07. The van der Waals surface area contributed by atoms with Gasteiger partial charge in [0.1, 0.15) is 5.82 Å². The van der Waals surface area contributed by atoms with Crippen molar-refractivity contribution in [2.45, 2.75) is 48.8 Å². The Balaban J connectivity index is 1.52. The molecule has 2 bridgehead atoms. The molecule has 19 heavy (non-hydrogen) atoms. The Labute approximate surface area is 118 Å². The number of hydrogen-bond donors (Lipinski definition) is 1. The largest absolute Gasteiger partial charge is 0.393 e. The van der Waals surface area contributed by atoms with Crippen LogP contribution in [0, 0.1) is 5.82 Å². The lowest BCUT2D eigenvalue weighted by Gasteiger charge is -2.37. The third kappa shape index (κ3) is 2.96. The SMILES string of the molecule is OC1CC2CCC(C1)N2CCSc1ccccc1F. The van der Waals surface area contributed by atoms with Gasteiger partial charge >= 0.3 is 0 Å². The summed E-state index contributed by atoms with van der Waals surface area (Å²) in [5, 5.41) is 9.77. The van der Waals surface area contributed by atoms with E-state index in [4.69, 9.17) is 0 Å². The van der Waals surface area contributed by atoms with E-state index < -0.39 is 0 Å². The molecule has 0 aliphatic carbocycles. The molecule has 2 heterocycles. The number of aliphatic hydroxyl groups excluding tert-OH is 1. The molecule has 0 spiro atoms. The van der Waals surface area contributed by atoms with Crippen molar-refractivity contribution in [2.24, 2.45) is 0 Å². The van der Waals surface area contributed by atoms with E-state index >= 15 is 0 Å². The quantitative estimate of drug-likeness (QED) is 0.858. The first kappa shape index (κ1) is 13.4. The Morgan fingerprint density at radius 2 is 1.89 bits per heavy atom. The molecule has 2 aliphatic heterocycles. The van der Waals surface area contributed by atoms with Crippen molar-refractivity contribution in [3.05, 3.63) is 30.1 Å². The minimum absolute atomic E-state index is 0.104. The molecule has 0 aromatic heterocycles. The van der Waals surface area contributed by atoms with Crippen LogP contribution in [-0.4, -0.2) is 40.5 Å². The maximum atomic E-state index is 13.5. The first-order valence-electron chi connectivity index (χ1n) is 7.05. The summed E-state index contributed by atoms with van der Waals surface area (Å²) in [5.41, 5.74) is 0. The van der Waals surface area contributed by atoms with E-state index in [2.05, 4.69) is 4.90 Å². The summed E-state index contributed by atoms with van der Waals surface area (Å²) in [6.07, 6.45) is 4.16. The molecule has 2 nitrogen and oxygen atoms in total. The highest BCUT2D eigenvalue weighted by Gasteiger charge is 2.39. The molecule has 2 fully saturated rings. The van der Waals surface area contributed by atoms with E-state index in [-0.39, 0.29) is 11.9 Å². The number of halogens is 1. The summed E-state index contributed by atoms with van der Waals surface area (Å²) in [7, 11) is 0. The number of rotatable bonds is 4. The average Bonchev–Trinajstić information content (AvgIpc) is 2.64. The van der Waals surface area contributed by atoms with E-state index in [0.29, 0.717) is 12.1 Å². The Hall–Kier alpha value is -0.580. The van der Waals surface area contributed by atoms with Crippen LogP contribution in [0.4, 0.5) is 4.39 Å². The lowest BCUT2D eigenvalue weighted by Crippen LogP contribution is -2.45. The number of aliphatic hydroxyl groups is 1. The molecule has 3 rings (SSSR count). The lowest BCUT2D eigenvalue weighted by atomic mass is 10.0. The zero-order valence-corrected chi connectivity index (χ0v) is 11.8. The van der Waals surface area contributed by atoms with Gasteiger partial charge in [0.05, 0.1) is 6.10 Å². The van der Waals surface area contributed by atoms with Gasteiger partial charge in [0.25, 0.3) is 0 Å². The molecule has 0 saturated carbocycles. The van der Waals surface area contributed by atoms with Gasteiger partial charge in [-0.25, -0.2) is 4.39 Å². The smallest absolute Gasteiger partial charge is 0.136 e. The molecular weight excluding hydrogens is 261 g/mol. The van der Waals surface area contributed by atoms with Crippen molar-refractivity contribution in [3.8, 4) is 0 Å². The van der Waals surface area contributed by atoms with Crippen molar-refractivity contribution in [1.82, 2.24) is 4.90 Å². The van der Waals surface area contributed by atoms with Crippen LogP contribution in [-0.2, 0) is 0 Å². The Morgan fingerprint density at radius 1 is 1.21 bits per heavy atom. The first-order chi connectivity index (χ1) is 9.24. The summed E-state index contributed by atoms with van der Waals surface area (Å²) < 4.78 is 13.5. The molecule has 104 valence electrons. The fourth-order valence-corrected chi connectivity index (χ4v) is 4.34. The second kappa shape index (κ2) is 5.81. The molecule has 4 heteroatoms. The van der Waals surface area contributed by atoms with E-state index in [1.54, 1.807) is 17.8 Å². The highest BCUT2D eigenvalue weighted by atomic mass is 32.2. The van der Waals surface area contributed by atoms with Crippen molar-refractivity contribution in [2.75, 3.05) is 12.3 Å². The second-order valence-electron chi connectivity index (χ2n) is 5.53. The minimum atomic E-state index is -0.121. The van der Waals surface area contributed by atoms with Crippen molar-refractivity contribution in [1.29, 1.82) is 0 Å². The Morgan fingerprint density at radius 3 is 2.58 bits per heavy atom. The molecule has 1 aromatic rings. The maximum absolute atomic E-state index is 13.5. The van der Waals surface area contributed by atoms with E-state index in [9.17, 15) is 9.50 Å². The Kier molecular flexibility index (Phi) is 4.10. The van der Waals surface area contributed by atoms with Crippen LogP contribution < -0.4 is 0 Å². The molecule has 2 atom stereocenters. The zero-order chi connectivity index (χ0) is 13.2. The number of fused-ring (bicyclic) bond motifs is 2. The normalized spacial score (nSPS) is 30.7. The average molecular weight is 281 g/mol.